The molecule has 1 N–H and O–H groups in total. The van der Waals surface area contributed by atoms with E-state index in [0.717, 1.165) is 29.7 Å². The van der Waals surface area contributed by atoms with Crippen molar-refractivity contribution < 1.29 is 14.6 Å². The maximum Gasteiger partial charge on any atom is 0.415 e. The third-order valence-corrected chi connectivity index (χ3v) is 4.79. The van der Waals surface area contributed by atoms with E-state index in [1.807, 2.05) is 63.3 Å². The summed E-state index contributed by atoms with van der Waals surface area (Å²) >= 11 is 0. The van der Waals surface area contributed by atoms with Gasteiger partial charge in [0.2, 0.25) is 0 Å². The van der Waals surface area contributed by atoms with Crippen LogP contribution < -0.4 is 4.90 Å². The van der Waals surface area contributed by atoms with Crippen molar-refractivity contribution in [3.05, 3.63) is 82.0 Å². The lowest BCUT2D eigenvalue weighted by molar-refractivity contribution is 0.179. The Balaban J connectivity index is 2.33. The van der Waals surface area contributed by atoms with E-state index in [4.69, 9.17) is 4.74 Å². The largest absolute Gasteiger partial charge is 0.447 e. The molecule has 1 heterocycles. The number of carbonyl (C=O) groups excluding carboxylic acids is 1. The minimum Gasteiger partial charge on any atom is -0.447 e. The fourth-order valence-corrected chi connectivity index (χ4v) is 3.22. The number of anilines is 1. The number of ether oxygens (including phenoxy) is 1. The van der Waals surface area contributed by atoms with Gasteiger partial charge in [-0.1, -0.05) is 50.3 Å². The molecule has 1 amide bonds. The molecule has 0 saturated carbocycles. The molecule has 6 heteroatoms. The molecular formula is C23H28N2O4. The normalized spacial score (nSPS) is 18.8. The molecule has 1 atom stereocenters. The Hall–Kier alpha value is -2.99. The molecule has 1 aliphatic heterocycles. The fraction of sp³-hybridized carbons (Fsp3) is 0.348. The van der Waals surface area contributed by atoms with Crippen molar-refractivity contribution in [2.24, 2.45) is 5.18 Å². The van der Waals surface area contributed by atoms with Gasteiger partial charge in [-0.3, -0.25) is 4.90 Å². The Labute approximate surface area is 171 Å². The van der Waals surface area contributed by atoms with Gasteiger partial charge in [-0.25, -0.2) is 4.79 Å². The summed E-state index contributed by atoms with van der Waals surface area (Å²) < 4.78 is 5.24. The van der Waals surface area contributed by atoms with Crippen molar-refractivity contribution in [2.45, 2.75) is 39.7 Å². The number of allylic oxidation sites excluding steroid dienone is 6. The number of rotatable bonds is 9. The van der Waals surface area contributed by atoms with Gasteiger partial charge in [-0.05, 0) is 59.9 Å². The van der Waals surface area contributed by atoms with E-state index >= 15 is 0 Å². The molecule has 0 radical (unpaired) electrons. The van der Waals surface area contributed by atoms with Crippen LogP contribution in [0.25, 0.3) is 0 Å². The van der Waals surface area contributed by atoms with Gasteiger partial charge in [0, 0.05) is 5.69 Å². The van der Waals surface area contributed by atoms with Crippen molar-refractivity contribution in [3.8, 4) is 0 Å². The summed E-state index contributed by atoms with van der Waals surface area (Å²) in [7, 11) is 0. The number of nitrogens with zero attached hydrogens (tertiary/aromatic N) is 2. The first-order valence-corrected chi connectivity index (χ1v) is 9.79. The quantitative estimate of drug-likeness (QED) is 0.455. The van der Waals surface area contributed by atoms with Crippen molar-refractivity contribution >= 4 is 11.8 Å². The molecule has 1 unspecified atom stereocenters. The average Bonchev–Trinajstić information content (AvgIpc) is 3.12. The SMILES string of the molecule is CC\C=C(/C=C(C)/C(=C/C=C(\CO)C1COC(=O)N1c1ccccc1)CC)N=O. The summed E-state index contributed by atoms with van der Waals surface area (Å²) in [6.45, 7) is 5.88. The molecule has 1 fully saturated rings. The van der Waals surface area contributed by atoms with Crippen molar-refractivity contribution in [3.63, 3.8) is 0 Å². The van der Waals surface area contributed by atoms with Crippen LogP contribution in [0, 0.1) is 4.91 Å². The maximum atomic E-state index is 12.2. The van der Waals surface area contributed by atoms with E-state index in [1.165, 1.54) is 0 Å². The molecular weight excluding hydrogens is 368 g/mol. The molecule has 0 spiro atoms. The molecule has 6 nitrogen and oxygen atoms in total. The third-order valence-electron chi connectivity index (χ3n) is 4.79. The van der Waals surface area contributed by atoms with E-state index in [1.54, 1.807) is 17.1 Å². The number of para-hydroxylation sites is 1. The summed E-state index contributed by atoms with van der Waals surface area (Å²) in [5.41, 5.74) is 3.75. The molecule has 0 bridgehead atoms. The van der Waals surface area contributed by atoms with Crippen LogP contribution >= 0.6 is 0 Å². The molecule has 0 aliphatic carbocycles. The predicted octanol–water partition coefficient (Wildman–Crippen LogP) is 5.27. The monoisotopic (exact) mass is 396 g/mol. The van der Waals surface area contributed by atoms with Crippen LogP contribution in [0.2, 0.25) is 0 Å². The number of carbonyl (C=O) groups is 1. The van der Waals surface area contributed by atoms with Crippen LogP contribution in [0.5, 0.6) is 0 Å². The van der Waals surface area contributed by atoms with Gasteiger partial charge in [-0.2, -0.15) is 0 Å². The van der Waals surface area contributed by atoms with E-state index in [0.29, 0.717) is 11.3 Å². The number of amides is 1. The van der Waals surface area contributed by atoms with Crippen LogP contribution in [0.4, 0.5) is 10.5 Å². The van der Waals surface area contributed by atoms with Crippen LogP contribution in [0.1, 0.15) is 33.6 Å². The highest BCUT2D eigenvalue weighted by Gasteiger charge is 2.36. The summed E-state index contributed by atoms with van der Waals surface area (Å²) in [6, 6.07) is 8.88. The smallest absolute Gasteiger partial charge is 0.415 e. The number of hydrogen-bond acceptors (Lipinski definition) is 5. The number of cyclic esters (lactones) is 1. The van der Waals surface area contributed by atoms with Gasteiger partial charge in [0.15, 0.2) is 0 Å². The molecule has 154 valence electrons. The highest BCUT2D eigenvalue weighted by Crippen LogP contribution is 2.27. The van der Waals surface area contributed by atoms with Crippen molar-refractivity contribution in [1.29, 1.82) is 0 Å². The molecule has 1 aromatic rings. The van der Waals surface area contributed by atoms with Gasteiger partial charge in [0.1, 0.15) is 12.3 Å². The number of hydrogen-bond donors (Lipinski definition) is 1. The zero-order valence-electron chi connectivity index (χ0n) is 17.2. The molecule has 1 aromatic carbocycles. The first-order valence-electron chi connectivity index (χ1n) is 9.79. The molecule has 1 saturated heterocycles. The van der Waals surface area contributed by atoms with Gasteiger partial charge in [0.05, 0.1) is 12.6 Å². The van der Waals surface area contributed by atoms with E-state index < -0.39 is 6.09 Å². The lowest BCUT2D eigenvalue weighted by atomic mass is 10.0. The number of aliphatic hydroxyl groups excluding tert-OH is 1. The van der Waals surface area contributed by atoms with Crippen LogP contribution in [-0.4, -0.2) is 30.5 Å². The first-order chi connectivity index (χ1) is 14.0. The van der Waals surface area contributed by atoms with E-state index in [9.17, 15) is 14.8 Å². The number of benzene rings is 1. The Bertz CT molecular complexity index is 838. The lowest BCUT2D eigenvalue weighted by Gasteiger charge is -2.23. The molecule has 1 aliphatic rings. The zero-order valence-corrected chi connectivity index (χ0v) is 17.2. The molecule has 0 aromatic heterocycles. The molecule has 2 rings (SSSR count). The minimum absolute atomic E-state index is 0.183. The number of aliphatic hydroxyl groups is 1. The Kier molecular flexibility index (Phi) is 8.55. The highest BCUT2D eigenvalue weighted by molar-refractivity contribution is 5.91. The second kappa shape index (κ2) is 11.1. The van der Waals surface area contributed by atoms with Crippen LogP contribution in [-0.2, 0) is 4.74 Å². The van der Waals surface area contributed by atoms with Crippen molar-refractivity contribution in [1.82, 2.24) is 0 Å². The van der Waals surface area contributed by atoms with Gasteiger partial charge in [0.25, 0.3) is 0 Å². The van der Waals surface area contributed by atoms with E-state index in [2.05, 4.69) is 5.18 Å². The Morgan fingerprint density at radius 2 is 2.00 bits per heavy atom. The summed E-state index contributed by atoms with van der Waals surface area (Å²) in [5, 5.41) is 13.0. The van der Waals surface area contributed by atoms with Crippen LogP contribution in [0.15, 0.2) is 82.2 Å². The molecule has 29 heavy (non-hydrogen) atoms. The lowest BCUT2D eigenvalue weighted by Crippen LogP contribution is -2.35. The third kappa shape index (κ3) is 5.74. The van der Waals surface area contributed by atoms with Crippen LogP contribution in [0.3, 0.4) is 0 Å². The summed E-state index contributed by atoms with van der Waals surface area (Å²) in [4.78, 5) is 24.8. The first kappa shape index (κ1) is 22.3. The van der Waals surface area contributed by atoms with Gasteiger partial charge >= 0.3 is 6.09 Å². The zero-order chi connectivity index (χ0) is 21.2. The second-order valence-electron chi connectivity index (χ2n) is 6.70. The Morgan fingerprint density at radius 1 is 1.28 bits per heavy atom. The maximum absolute atomic E-state index is 12.2. The standard InChI is InChI=1S/C23H28N2O4/c1-4-9-20(24-28)14-17(3)18(5-2)12-13-19(15-26)22-16-29-23(27)25(22)21-10-7-6-8-11-21/h6-14,22,26H,4-5,15-16H2,1-3H3/b17-14+,18-12+,19-13+,20-9+. The fourth-order valence-electron chi connectivity index (χ4n) is 3.22. The highest BCUT2D eigenvalue weighted by atomic mass is 16.6. The minimum atomic E-state index is -0.428. The summed E-state index contributed by atoms with van der Waals surface area (Å²) in [6.07, 6.45) is 8.33. The Morgan fingerprint density at radius 3 is 2.59 bits per heavy atom. The summed E-state index contributed by atoms with van der Waals surface area (Å²) in [5.74, 6) is 0. The van der Waals surface area contributed by atoms with Crippen molar-refractivity contribution in [2.75, 3.05) is 18.1 Å². The second-order valence-corrected chi connectivity index (χ2v) is 6.70. The number of nitroso groups, excluding NO2 is 1. The topological polar surface area (TPSA) is 79.2 Å². The average molecular weight is 396 g/mol. The van der Waals surface area contributed by atoms with Gasteiger partial charge < -0.3 is 9.84 Å². The van der Waals surface area contributed by atoms with Gasteiger partial charge in [-0.15, -0.1) is 4.91 Å². The van der Waals surface area contributed by atoms with E-state index in [-0.39, 0.29) is 19.3 Å². The predicted molar refractivity (Wildman–Crippen MR) is 116 cm³/mol.